The molecule has 2 saturated heterocycles. The number of ether oxygens (including phenoxy) is 1. The van der Waals surface area contributed by atoms with Gasteiger partial charge in [0.05, 0.1) is 11.2 Å². The Morgan fingerprint density at radius 1 is 1.21 bits per heavy atom. The maximum absolute atomic E-state index is 12.8. The van der Waals surface area contributed by atoms with Gasteiger partial charge in [-0.05, 0) is 51.7 Å². The van der Waals surface area contributed by atoms with Gasteiger partial charge in [0.2, 0.25) is 5.95 Å². The van der Waals surface area contributed by atoms with Gasteiger partial charge in [0.1, 0.15) is 11.5 Å². The Balaban J connectivity index is 0.000000406. The Labute approximate surface area is 194 Å². The van der Waals surface area contributed by atoms with Crippen LogP contribution in [0.2, 0.25) is 0 Å². The smallest absolute Gasteiger partial charge is 0.475 e. The first-order valence-electron chi connectivity index (χ1n) is 10.8. The van der Waals surface area contributed by atoms with Gasteiger partial charge >= 0.3 is 12.1 Å². The molecule has 2 fully saturated rings. The summed E-state index contributed by atoms with van der Waals surface area (Å²) in [7, 11) is 0. The van der Waals surface area contributed by atoms with Gasteiger partial charge < -0.3 is 24.5 Å². The van der Waals surface area contributed by atoms with Crippen molar-refractivity contribution in [1.29, 1.82) is 0 Å². The second-order valence-electron chi connectivity index (χ2n) is 8.36. The van der Waals surface area contributed by atoms with Gasteiger partial charge in [-0.3, -0.25) is 4.79 Å². The Morgan fingerprint density at radius 3 is 2.35 bits per heavy atom. The van der Waals surface area contributed by atoms with Crippen LogP contribution in [0.4, 0.5) is 19.1 Å². The van der Waals surface area contributed by atoms with E-state index in [9.17, 15) is 18.0 Å². The number of furan rings is 1. The zero-order chi connectivity index (χ0) is 24.9. The SMILES string of the molecule is Cc1cc(C(=O)N2CCC3(CC2)CC(Nc2ncccn2)CCO3)c(C)o1.O=C(O)C(F)(F)F. The van der Waals surface area contributed by atoms with Crippen LogP contribution >= 0.6 is 0 Å². The number of nitrogens with one attached hydrogen (secondary N) is 1. The maximum atomic E-state index is 12.8. The molecule has 2 aromatic rings. The lowest BCUT2D eigenvalue weighted by molar-refractivity contribution is -0.192. The number of aliphatic carboxylic acids is 1. The average molecular weight is 484 g/mol. The van der Waals surface area contributed by atoms with Gasteiger partial charge in [0.25, 0.3) is 5.91 Å². The fraction of sp³-hybridized carbons (Fsp3) is 0.545. The largest absolute Gasteiger partial charge is 0.490 e. The van der Waals surface area contributed by atoms with Crippen molar-refractivity contribution < 1.29 is 37.0 Å². The van der Waals surface area contributed by atoms with Crippen molar-refractivity contribution in [3.8, 4) is 0 Å². The first-order valence-corrected chi connectivity index (χ1v) is 10.8. The standard InChI is InChI=1S/C20H26N4O3.C2HF3O2/c1-14-12-17(15(2)27-14)18(25)24-9-5-20(6-10-24)13-16(4-11-26-20)23-19-21-7-3-8-22-19;3-2(4,5)1(6)7/h3,7-8,12,16H,4-6,9-11,13H2,1-2H3,(H,21,22,23);(H,6,7). The number of rotatable bonds is 3. The van der Waals surface area contributed by atoms with E-state index >= 15 is 0 Å². The molecule has 186 valence electrons. The van der Waals surface area contributed by atoms with Crippen LogP contribution in [0.1, 0.15) is 47.6 Å². The highest BCUT2D eigenvalue weighted by molar-refractivity contribution is 5.95. The molecule has 4 rings (SSSR count). The van der Waals surface area contributed by atoms with Crippen molar-refractivity contribution in [1.82, 2.24) is 14.9 Å². The van der Waals surface area contributed by atoms with Gasteiger partial charge in [-0.2, -0.15) is 13.2 Å². The predicted molar refractivity (Wildman–Crippen MR) is 114 cm³/mol. The Kier molecular flexibility index (Phi) is 7.80. The van der Waals surface area contributed by atoms with Crippen molar-refractivity contribution in [2.45, 2.75) is 57.3 Å². The zero-order valence-electron chi connectivity index (χ0n) is 18.9. The fourth-order valence-corrected chi connectivity index (χ4v) is 4.19. The van der Waals surface area contributed by atoms with Crippen LogP contribution < -0.4 is 5.32 Å². The minimum absolute atomic E-state index is 0.0577. The summed E-state index contributed by atoms with van der Waals surface area (Å²) in [6, 6.07) is 3.94. The maximum Gasteiger partial charge on any atom is 0.490 e. The lowest BCUT2D eigenvalue weighted by Crippen LogP contribution is -2.52. The Hall–Kier alpha value is -3.15. The third-order valence-electron chi connectivity index (χ3n) is 5.87. The van der Waals surface area contributed by atoms with E-state index in [4.69, 9.17) is 19.1 Å². The first kappa shape index (κ1) is 25.5. The number of carbonyl (C=O) groups is 2. The van der Waals surface area contributed by atoms with Crippen molar-refractivity contribution >= 4 is 17.8 Å². The fourth-order valence-electron chi connectivity index (χ4n) is 4.19. The Bertz CT molecular complexity index is 988. The van der Waals surface area contributed by atoms with E-state index in [0.717, 1.165) is 38.1 Å². The summed E-state index contributed by atoms with van der Waals surface area (Å²) in [4.78, 5) is 32.1. The Morgan fingerprint density at radius 2 is 1.82 bits per heavy atom. The third kappa shape index (κ3) is 6.46. The molecule has 0 bridgehead atoms. The van der Waals surface area contributed by atoms with Gasteiger partial charge in [-0.25, -0.2) is 14.8 Å². The highest BCUT2D eigenvalue weighted by Gasteiger charge is 2.42. The molecule has 1 amide bonds. The monoisotopic (exact) mass is 484 g/mol. The van der Waals surface area contributed by atoms with E-state index in [1.165, 1.54) is 0 Å². The second-order valence-corrected chi connectivity index (χ2v) is 8.36. The molecule has 2 aliphatic heterocycles. The van der Waals surface area contributed by atoms with Crippen LogP contribution in [0.5, 0.6) is 0 Å². The van der Waals surface area contributed by atoms with Crippen LogP contribution in [0.25, 0.3) is 0 Å². The van der Waals surface area contributed by atoms with Gasteiger partial charge in [-0.1, -0.05) is 0 Å². The van der Waals surface area contributed by atoms with E-state index in [0.29, 0.717) is 36.4 Å². The molecule has 1 atom stereocenters. The van der Waals surface area contributed by atoms with Crippen LogP contribution in [0.3, 0.4) is 0 Å². The number of anilines is 1. The van der Waals surface area contributed by atoms with E-state index in [1.54, 1.807) is 12.4 Å². The lowest BCUT2D eigenvalue weighted by Gasteiger charge is -2.46. The van der Waals surface area contributed by atoms with E-state index in [2.05, 4.69) is 15.3 Å². The molecular formula is C22H27F3N4O5. The molecule has 1 spiro atoms. The number of aryl methyl sites for hydroxylation is 2. The molecule has 0 aromatic carbocycles. The molecule has 0 saturated carbocycles. The normalized spacial score (nSPS) is 19.8. The number of carboxylic acid groups (broad SMARTS) is 1. The van der Waals surface area contributed by atoms with Gasteiger partial charge in [-0.15, -0.1) is 0 Å². The van der Waals surface area contributed by atoms with E-state index in [-0.39, 0.29) is 11.5 Å². The summed E-state index contributed by atoms with van der Waals surface area (Å²) in [5, 5.41) is 10.6. The summed E-state index contributed by atoms with van der Waals surface area (Å²) in [6.07, 6.45) is 1.96. The number of nitrogens with zero attached hydrogens (tertiary/aromatic N) is 3. The molecule has 9 nitrogen and oxygen atoms in total. The van der Waals surface area contributed by atoms with Crippen molar-refractivity contribution in [3.63, 3.8) is 0 Å². The lowest BCUT2D eigenvalue weighted by atomic mass is 9.82. The van der Waals surface area contributed by atoms with Crippen molar-refractivity contribution in [2.24, 2.45) is 0 Å². The number of carboxylic acids is 1. The molecular weight excluding hydrogens is 457 g/mol. The van der Waals surface area contributed by atoms with Crippen LogP contribution in [-0.4, -0.2) is 69.4 Å². The zero-order valence-corrected chi connectivity index (χ0v) is 18.9. The number of likely N-dealkylation sites (tertiary alicyclic amines) is 1. The predicted octanol–water partition coefficient (Wildman–Crippen LogP) is 3.59. The summed E-state index contributed by atoms with van der Waals surface area (Å²) in [6.45, 7) is 5.85. The summed E-state index contributed by atoms with van der Waals surface area (Å²) in [5.41, 5.74) is 0.511. The molecule has 4 heterocycles. The number of carbonyl (C=O) groups excluding carboxylic acids is 1. The second kappa shape index (κ2) is 10.4. The summed E-state index contributed by atoms with van der Waals surface area (Å²) in [5.74, 6) is -0.566. The number of halogens is 3. The highest BCUT2D eigenvalue weighted by atomic mass is 19.4. The van der Waals surface area contributed by atoms with E-state index in [1.807, 2.05) is 30.9 Å². The molecule has 0 aliphatic carbocycles. The third-order valence-corrected chi connectivity index (χ3v) is 5.87. The van der Waals surface area contributed by atoms with Crippen LogP contribution in [-0.2, 0) is 9.53 Å². The number of hydrogen-bond acceptors (Lipinski definition) is 7. The van der Waals surface area contributed by atoms with Gasteiger partial charge in [0.15, 0.2) is 0 Å². The number of amides is 1. The molecule has 12 heteroatoms. The average Bonchev–Trinajstić information content (AvgIpc) is 3.12. The molecule has 2 aromatic heterocycles. The number of hydrogen-bond donors (Lipinski definition) is 2. The van der Waals surface area contributed by atoms with Gasteiger partial charge in [0, 0.05) is 38.1 Å². The first-order chi connectivity index (χ1) is 16.0. The number of alkyl halides is 3. The molecule has 34 heavy (non-hydrogen) atoms. The number of aromatic nitrogens is 2. The molecule has 2 aliphatic rings. The van der Waals surface area contributed by atoms with Crippen molar-refractivity contribution in [2.75, 3.05) is 25.0 Å². The summed E-state index contributed by atoms with van der Waals surface area (Å²) < 4.78 is 43.4. The minimum atomic E-state index is -5.08. The minimum Gasteiger partial charge on any atom is -0.475 e. The number of piperidine rings is 1. The molecule has 1 unspecified atom stereocenters. The van der Waals surface area contributed by atoms with Crippen LogP contribution in [0, 0.1) is 13.8 Å². The molecule has 2 N–H and O–H groups in total. The van der Waals surface area contributed by atoms with Crippen LogP contribution in [0.15, 0.2) is 28.9 Å². The molecule has 0 radical (unpaired) electrons. The van der Waals surface area contributed by atoms with E-state index < -0.39 is 12.1 Å². The summed E-state index contributed by atoms with van der Waals surface area (Å²) >= 11 is 0. The van der Waals surface area contributed by atoms with Crippen molar-refractivity contribution in [3.05, 3.63) is 41.6 Å². The quantitative estimate of drug-likeness (QED) is 0.679. The topological polar surface area (TPSA) is 118 Å². The highest BCUT2D eigenvalue weighted by Crippen LogP contribution is 2.36.